The molecule has 0 saturated heterocycles. The van der Waals surface area contributed by atoms with E-state index in [0.29, 0.717) is 0 Å². The van der Waals surface area contributed by atoms with Gasteiger partial charge in [0.1, 0.15) is 0 Å². The summed E-state index contributed by atoms with van der Waals surface area (Å²) in [5.74, 6) is -0.700. The number of carbonyl (C=O) groups is 1. The molecule has 0 bridgehead atoms. The highest BCUT2D eigenvalue weighted by molar-refractivity contribution is 5.66. The van der Waals surface area contributed by atoms with E-state index in [1.165, 1.54) is 18.4 Å². The quantitative estimate of drug-likeness (QED) is 0.354. The van der Waals surface area contributed by atoms with Crippen LogP contribution in [0.15, 0.2) is 35.5 Å². The van der Waals surface area contributed by atoms with Crippen LogP contribution in [0.5, 0.6) is 0 Å². The lowest BCUT2D eigenvalue weighted by atomic mass is 10.0. The number of hydrogen-bond acceptors (Lipinski definition) is 3. The van der Waals surface area contributed by atoms with Crippen LogP contribution in [0, 0.1) is 0 Å². The van der Waals surface area contributed by atoms with E-state index in [9.17, 15) is 9.90 Å². The highest BCUT2D eigenvalue weighted by Gasteiger charge is 2.09. The molecule has 0 aromatic carbocycles. The predicted molar refractivity (Wildman–Crippen MR) is 115 cm³/mol. The van der Waals surface area contributed by atoms with E-state index >= 15 is 0 Å². The van der Waals surface area contributed by atoms with Crippen LogP contribution in [0.25, 0.3) is 0 Å². The van der Waals surface area contributed by atoms with Crippen molar-refractivity contribution in [1.29, 1.82) is 0 Å². The average Bonchev–Trinajstić information content (AvgIpc) is 2.91. The Kier molecular flexibility index (Phi) is 17.1. The van der Waals surface area contributed by atoms with Crippen LogP contribution in [0.3, 0.4) is 0 Å². The Morgan fingerprint density at radius 2 is 1.85 bits per heavy atom. The first-order chi connectivity index (χ1) is 13.1. The Morgan fingerprint density at radius 3 is 2.56 bits per heavy atom. The fourth-order valence-electron chi connectivity index (χ4n) is 2.92. The molecule has 0 fully saturated rings. The molecule has 27 heavy (non-hydrogen) atoms. The van der Waals surface area contributed by atoms with Gasteiger partial charge in [-0.2, -0.15) is 0 Å². The minimum Gasteiger partial charge on any atom is -0.481 e. The molecule has 3 N–H and O–H groups in total. The van der Waals surface area contributed by atoms with Crippen LogP contribution >= 0.6 is 0 Å². The molecule has 156 valence electrons. The smallest absolute Gasteiger partial charge is 0.303 e. The standard InChI is InChI=1S/C21H35NO3.C2H6/c1-2-3-6-12-20(23)19-11-9-10-18(14-15-19)17-22-16-8-5-4-7-13-21(24)25;1-2/h9,11,14-15,20,22-23H,2-8,10,12-13,16-17H2,1H3,(H,24,25);1-2H3. The molecule has 0 saturated carbocycles. The minimum atomic E-state index is -0.700. The van der Waals surface area contributed by atoms with Crippen LogP contribution in [-0.4, -0.2) is 35.4 Å². The van der Waals surface area contributed by atoms with Crippen molar-refractivity contribution in [3.8, 4) is 0 Å². The van der Waals surface area contributed by atoms with Crippen molar-refractivity contribution in [3.63, 3.8) is 0 Å². The number of rotatable bonds is 14. The number of hydrogen-bond donors (Lipinski definition) is 3. The number of allylic oxidation sites excluding steroid dienone is 3. The Hall–Kier alpha value is -1.39. The third-order valence-corrected chi connectivity index (χ3v) is 4.51. The molecular weight excluding hydrogens is 338 g/mol. The minimum absolute atomic E-state index is 0.283. The lowest BCUT2D eigenvalue weighted by Gasteiger charge is -2.10. The summed E-state index contributed by atoms with van der Waals surface area (Å²) in [6.07, 6.45) is 17.4. The number of aliphatic hydroxyl groups is 1. The van der Waals surface area contributed by atoms with Crippen molar-refractivity contribution in [3.05, 3.63) is 35.5 Å². The second-order valence-corrected chi connectivity index (χ2v) is 6.84. The summed E-state index contributed by atoms with van der Waals surface area (Å²) < 4.78 is 0. The molecule has 1 rings (SSSR count). The van der Waals surface area contributed by atoms with E-state index in [0.717, 1.165) is 63.6 Å². The van der Waals surface area contributed by atoms with Crippen LogP contribution in [0.1, 0.15) is 85.0 Å². The number of nitrogens with one attached hydrogen (secondary N) is 1. The molecule has 0 aromatic heterocycles. The van der Waals surface area contributed by atoms with Crippen molar-refractivity contribution in [1.82, 2.24) is 5.32 Å². The first-order valence-corrected chi connectivity index (χ1v) is 10.8. The number of carboxylic acids is 1. The fraction of sp³-hybridized carbons (Fsp3) is 0.696. The maximum Gasteiger partial charge on any atom is 0.303 e. The second-order valence-electron chi connectivity index (χ2n) is 6.84. The van der Waals surface area contributed by atoms with Crippen molar-refractivity contribution in [2.45, 2.75) is 91.1 Å². The van der Waals surface area contributed by atoms with Gasteiger partial charge >= 0.3 is 5.97 Å². The van der Waals surface area contributed by atoms with Crippen LogP contribution in [0.4, 0.5) is 0 Å². The highest BCUT2D eigenvalue weighted by Crippen LogP contribution is 2.17. The van der Waals surface area contributed by atoms with E-state index in [4.69, 9.17) is 5.11 Å². The maximum absolute atomic E-state index is 10.4. The van der Waals surface area contributed by atoms with Gasteiger partial charge in [-0.1, -0.05) is 82.8 Å². The van der Waals surface area contributed by atoms with Gasteiger partial charge < -0.3 is 15.5 Å². The number of aliphatic hydroxyl groups excluding tert-OH is 1. The topological polar surface area (TPSA) is 69.6 Å². The van der Waals surface area contributed by atoms with Gasteiger partial charge in [-0.15, -0.1) is 0 Å². The van der Waals surface area contributed by atoms with Gasteiger partial charge in [-0.05, 0) is 37.8 Å². The molecule has 4 nitrogen and oxygen atoms in total. The molecule has 1 atom stereocenters. The molecule has 4 heteroatoms. The molecule has 1 aliphatic rings. The zero-order chi connectivity index (χ0) is 20.3. The van der Waals surface area contributed by atoms with Gasteiger partial charge in [0.2, 0.25) is 0 Å². The van der Waals surface area contributed by atoms with Crippen molar-refractivity contribution < 1.29 is 15.0 Å². The Morgan fingerprint density at radius 1 is 1.11 bits per heavy atom. The first-order valence-electron chi connectivity index (χ1n) is 10.8. The van der Waals surface area contributed by atoms with Gasteiger partial charge in [0.05, 0.1) is 6.10 Å². The molecule has 0 heterocycles. The monoisotopic (exact) mass is 379 g/mol. The summed E-state index contributed by atoms with van der Waals surface area (Å²) in [6.45, 7) is 8.01. The van der Waals surface area contributed by atoms with E-state index in [2.05, 4.69) is 36.5 Å². The fourth-order valence-corrected chi connectivity index (χ4v) is 2.92. The molecule has 0 amide bonds. The molecule has 1 unspecified atom stereocenters. The summed E-state index contributed by atoms with van der Waals surface area (Å²) in [7, 11) is 0. The van der Waals surface area contributed by atoms with E-state index < -0.39 is 5.97 Å². The second kappa shape index (κ2) is 18.0. The van der Waals surface area contributed by atoms with E-state index in [1.807, 2.05) is 13.8 Å². The summed E-state index contributed by atoms with van der Waals surface area (Å²) in [5, 5.41) is 22.3. The van der Waals surface area contributed by atoms with Crippen LogP contribution < -0.4 is 5.32 Å². The lowest BCUT2D eigenvalue weighted by molar-refractivity contribution is -0.137. The third-order valence-electron chi connectivity index (χ3n) is 4.51. The number of carboxylic acid groups (broad SMARTS) is 1. The normalized spacial score (nSPS) is 14.5. The molecule has 0 radical (unpaired) electrons. The largest absolute Gasteiger partial charge is 0.481 e. The Labute approximate surface area is 166 Å². The molecule has 1 aliphatic carbocycles. The SMILES string of the molecule is CC.CCCCCC(O)C1=CC=C(CNCCCCCCC(=O)O)CC=C1. The summed E-state index contributed by atoms with van der Waals surface area (Å²) in [5.41, 5.74) is 2.35. The number of unbranched alkanes of at least 4 members (excludes halogenated alkanes) is 5. The third kappa shape index (κ3) is 14.3. The van der Waals surface area contributed by atoms with Crippen LogP contribution in [-0.2, 0) is 4.79 Å². The maximum atomic E-state index is 10.4. The van der Waals surface area contributed by atoms with Gasteiger partial charge in [-0.25, -0.2) is 0 Å². The van der Waals surface area contributed by atoms with Crippen molar-refractivity contribution in [2.75, 3.05) is 13.1 Å². The number of aliphatic carboxylic acids is 1. The van der Waals surface area contributed by atoms with E-state index in [1.54, 1.807) is 0 Å². The summed E-state index contributed by atoms with van der Waals surface area (Å²) >= 11 is 0. The van der Waals surface area contributed by atoms with Gasteiger partial charge in [-0.3, -0.25) is 4.79 Å². The van der Waals surface area contributed by atoms with Crippen LogP contribution in [0.2, 0.25) is 0 Å². The Balaban J connectivity index is 0.00000326. The summed E-state index contributed by atoms with van der Waals surface area (Å²) in [4.78, 5) is 10.4. The Bertz CT molecular complexity index is 466. The average molecular weight is 380 g/mol. The molecule has 0 aromatic rings. The van der Waals surface area contributed by atoms with Gasteiger partial charge in [0.25, 0.3) is 0 Å². The molecule has 0 aliphatic heterocycles. The zero-order valence-corrected chi connectivity index (χ0v) is 17.7. The lowest BCUT2D eigenvalue weighted by Crippen LogP contribution is -2.18. The molecule has 0 spiro atoms. The highest BCUT2D eigenvalue weighted by atomic mass is 16.4. The zero-order valence-electron chi connectivity index (χ0n) is 17.7. The van der Waals surface area contributed by atoms with Crippen molar-refractivity contribution in [2.24, 2.45) is 0 Å². The van der Waals surface area contributed by atoms with Gasteiger partial charge in [0.15, 0.2) is 0 Å². The first kappa shape index (κ1) is 25.6. The summed E-state index contributed by atoms with van der Waals surface area (Å²) in [6, 6.07) is 0. The predicted octanol–water partition coefficient (Wildman–Crippen LogP) is 5.39. The molecular formula is C23H41NO3. The van der Waals surface area contributed by atoms with E-state index in [-0.39, 0.29) is 12.5 Å². The van der Waals surface area contributed by atoms with Gasteiger partial charge in [0, 0.05) is 13.0 Å². The van der Waals surface area contributed by atoms with Crippen molar-refractivity contribution >= 4 is 5.97 Å².